The summed E-state index contributed by atoms with van der Waals surface area (Å²) in [4.78, 5) is 37.5. The summed E-state index contributed by atoms with van der Waals surface area (Å²) in [6.07, 6.45) is -6.02. The van der Waals surface area contributed by atoms with E-state index < -0.39 is 35.6 Å². The van der Waals surface area contributed by atoms with E-state index in [-0.39, 0.29) is 29.7 Å². The Morgan fingerprint density at radius 3 is 2.11 bits per heavy atom. The van der Waals surface area contributed by atoms with Crippen LogP contribution in [0.5, 0.6) is 0 Å². The summed E-state index contributed by atoms with van der Waals surface area (Å²) < 4.78 is 44.4. The van der Waals surface area contributed by atoms with Gasteiger partial charge in [0, 0.05) is 12.1 Å². The summed E-state index contributed by atoms with van der Waals surface area (Å²) >= 11 is 0. The van der Waals surface area contributed by atoms with E-state index >= 15 is 0 Å². The second kappa shape index (κ2) is 7.46. The first-order valence-corrected chi connectivity index (χ1v) is 8.51. The minimum absolute atomic E-state index is 0.163. The zero-order chi connectivity index (χ0) is 20.5. The maximum absolute atomic E-state index is 13.1. The van der Waals surface area contributed by atoms with Gasteiger partial charge in [-0.2, -0.15) is 13.2 Å². The molecule has 1 aliphatic rings. The van der Waals surface area contributed by atoms with Crippen molar-refractivity contribution in [3.05, 3.63) is 70.8 Å². The molecule has 0 unspecified atom stereocenters. The molecule has 0 saturated heterocycles. The predicted molar refractivity (Wildman–Crippen MR) is 92.4 cm³/mol. The van der Waals surface area contributed by atoms with Gasteiger partial charge in [-0.1, -0.05) is 30.3 Å². The van der Waals surface area contributed by atoms with Gasteiger partial charge in [-0.25, -0.2) is 0 Å². The first kappa shape index (κ1) is 19.6. The van der Waals surface area contributed by atoms with Gasteiger partial charge in [-0.3, -0.25) is 19.3 Å². The van der Waals surface area contributed by atoms with Crippen molar-refractivity contribution < 1.29 is 32.3 Å². The monoisotopic (exact) mass is 391 g/mol. The van der Waals surface area contributed by atoms with Crippen LogP contribution in [0.25, 0.3) is 0 Å². The number of fused-ring (bicyclic) bond motifs is 1. The number of imide groups is 1. The summed E-state index contributed by atoms with van der Waals surface area (Å²) in [5.41, 5.74) is -0.526. The summed E-state index contributed by atoms with van der Waals surface area (Å²) in [6.45, 7) is 1.13. The highest BCUT2D eigenvalue weighted by atomic mass is 19.4. The summed E-state index contributed by atoms with van der Waals surface area (Å²) in [7, 11) is 0. The normalized spacial score (nSPS) is 14.8. The van der Waals surface area contributed by atoms with Crippen molar-refractivity contribution in [2.75, 3.05) is 6.54 Å². The number of carbonyl (C=O) groups is 3. The van der Waals surface area contributed by atoms with Crippen LogP contribution in [0.3, 0.4) is 0 Å². The molecule has 1 aliphatic heterocycles. The molecule has 2 aromatic rings. The minimum atomic E-state index is -4.57. The van der Waals surface area contributed by atoms with Gasteiger partial charge in [-0.05, 0) is 25.1 Å². The quantitative estimate of drug-likeness (QED) is 0.571. The highest BCUT2D eigenvalue weighted by molar-refractivity contribution is 6.21. The van der Waals surface area contributed by atoms with Gasteiger partial charge in [-0.15, -0.1) is 0 Å². The topological polar surface area (TPSA) is 63.7 Å². The van der Waals surface area contributed by atoms with Gasteiger partial charge in [0.15, 0.2) is 0 Å². The summed E-state index contributed by atoms with van der Waals surface area (Å²) in [5.74, 6) is -1.83. The summed E-state index contributed by atoms with van der Waals surface area (Å²) in [5, 5.41) is 0. The molecular formula is C20H16F3NO4. The molecule has 5 nitrogen and oxygen atoms in total. The van der Waals surface area contributed by atoms with E-state index in [2.05, 4.69) is 0 Å². The molecule has 0 radical (unpaired) electrons. The van der Waals surface area contributed by atoms with Crippen LogP contribution < -0.4 is 0 Å². The molecule has 2 aromatic carbocycles. The van der Waals surface area contributed by atoms with Crippen molar-refractivity contribution in [2.45, 2.75) is 25.6 Å². The van der Waals surface area contributed by atoms with Gasteiger partial charge < -0.3 is 4.74 Å². The Hall–Kier alpha value is -3.16. The van der Waals surface area contributed by atoms with Crippen LogP contribution in [-0.4, -0.2) is 29.2 Å². The molecule has 0 aliphatic carbocycles. The highest BCUT2D eigenvalue weighted by Gasteiger charge is 2.36. The zero-order valence-electron chi connectivity index (χ0n) is 14.8. The van der Waals surface area contributed by atoms with Crippen LogP contribution in [0, 0.1) is 0 Å². The van der Waals surface area contributed by atoms with E-state index in [9.17, 15) is 27.6 Å². The number of esters is 1. The number of nitrogens with zero attached hydrogens (tertiary/aromatic N) is 1. The average molecular weight is 391 g/mol. The number of hydrogen-bond acceptors (Lipinski definition) is 4. The zero-order valence-corrected chi connectivity index (χ0v) is 14.8. The smallest absolute Gasteiger partial charge is 0.416 e. The number of alkyl halides is 3. The Kier molecular flexibility index (Phi) is 5.22. The molecule has 2 amide bonds. The lowest BCUT2D eigenvalue weighted by Gasteiger charge is -2.19. The number of amides is 2. The van der Waals surface area contributed by atoms with Crippen molar-refractivity contribution in [1.82, 2.24) is 4.90 Å². The van der Waals surface area contributed by atoms with Gasteiger partial charge in [0.05, 0.1) is 23.1 Å². The van der Waals surface area contributed by atoms with E-state index in [0.29, 0.717) is 0 Å². The van der Waals surface area contributed by atoms with Crippen molar-refractivity contribution >= 4 is 17.8 Å². The molecule has 0 fully saturated rings. The van der Waals surface area contributed by atoms with Crippen LogP contribution in [0.1, 0.15) is 51.3 Å². The third-order valence-corrected chi connectivity index (χ3v) is 4.43. The van der Waals surface area contributed by atoms with Crippen LogP contribution in [-0.2, 0) is 15.7 Å². The van der Waals surface area contributed by atoms with Crippen molar-refractivity contribution in [2.24, 2.45) is 0 Å². The molecular weight excluding hydrogens is 375 g/mol. The van der Waals surface area contributed by atoms with Gasteiger partial charge >= 0.3 is 12.1 Å². The lowest BCUT2D eigenvalue weighted by Crippen LogP contribution is -2.32. The van der Waals surface area contributed by atoms with E-state index in [1.54, 1.807) is 12.1 Å². The molecule has 3 rings (SSSR count). The molecule has 1 heterocycles. The van der Waals surface area contributed by atoms with E-state index in [4.69, 9.17) is 4.74 Å². The lowest BCUT2D eigenvalue weighted by atomic mass is 10.0. The average Bonchev–Trinajstić information content (AvgIpc) is 2.90. The van der Waals surface area contributed by atoms with Gasteiger partial charge in [0.2, 0.25) is 0 Å². The first-order valence-electron chi connectivity index (χ1n) is 8.51. The second-order valence-electron chi connectivity index (χ2n) is 6.27. The molecule has 0 bridgehead atoms. The Morgan fingerprint density at radius 1 is 1.00 bits per heavy atom. The van der Waals surface area contributed by atoms with E-state index in [1.807, 2.05) is 0 Å². The third-order valence-electron chi connectivity index (χ3n) is 4.43. The number of benzene rings is 2. The molecule has 0 aromatic heterocycles. The molecule has 0 spiro atoms. The van der Waals surface area contributed by atoms with E-state index in [1.165, 1.54) is 37.3 Å². The molecule has 0 saturated carbocycles. The maximum Gasteiger partial charge on any atom is 0.416 e. The number of carbonyl (C=O) groups excluding carboxylic acids is 3. The highest BCUT2D eigenvalue weighted by Crippen LogP contribution is 2.35. The molecule has 1 atom stereocenters. The van der Waals surface area contributed by atoms with Crippen LogP contribution in [0.2, 0.25) is 0 Å². The van der Waals surface area contributed by atoms with E-state index in [0.717, 1.165) is 11.0 Å². The fourth-order valence-electron chi connectivity index (χ4n) is 3.07. The van der Waals surface area contributed by atoms with Crippen molar-refractivity contribution in [3.63, 3.8) is 0 Å². The molecule has 146 valence electrons. The number of hydrogen-bond donors (Lipinski definition) is 0. The Balaban J connectivity index is 1.63. The predicted octanol–water partition coefficient (Wildman–Crippen LogP) is 4.00. The van der Waals surface area contributed by atoms with Gasteiger partial charge in [0.25, 0.3) is 11.8 Å². The lowest BCUT2D eigenvalue weighted by molar-refractivity contribution is -0.151. The first-order chi connectivity index (χ1) is 13.2. The summed E-state index contributed by atoms with van der Waals surface area (Å²) in [6, 6.07) is 11.1. The molecule has 8 heteroatoms. The molecule has 0 N–H and O–H groups in total. The van der Waals surface area contributed by atoms with Crippen LogP contribution >= 0.6 is 0 Å². The van der Waals surface area contributed by atoms with Crippen molar-refractivity contribution in [1.29, 1.82) is 0 Å². The Bertz CT molecular complexity index is 904. The number of rotatable bonds is 5. The van der Waals surface area contributed by atoms with Crippen LogP contribution in [0.4, 0.5) is 13.2 Å². The van der Waals surface area contributed by atoms with Crippen LogP contribution in [0.15, 0.2) is 48.5 Å². The third kappa shape index (κ3) is 3.76. The minimum Gasteiger partial charge on any atom is -0.458 e. The largest absolute Gasteiger partial charge is 0.458 e. The van der Waals surface area contributed by atoms with Gasteiger partial charge in [0.1, 0.15) is 6.10 Å². The second-order valence-corrected chi connectivity index (χ2v) is 6.27. The maximum atomic E-state index is 13.1. The SMILES string of the molecule is C[C@H](OC(=O)CCN1C(=O)c2ccccc2C1=O)c1ccccc1C(F)(F)F. The Labute approximate surface area is 158 Å². The fourth-order valence-corrected chi connectivity index (χ4v) is 3.07. The number of ether oxygens (including phenoxy) is 1. The standard InChI is InChI=1S/C20H16F3NO4/c1-12(13-6-4-5-9-16(13)20(21,22)23)28-17(25)10-11-24-18(26)14-7-2-3-8-15(14)19(24)27/h2-9,12H,10-11H2,1H3/t12-/m0/s1. The number of halogens is 3. The Morgan fingerprint density at radius 2 is 1.54 bits per heavy atom. The van der Waals surface area contributed by atoms with Crippen molar-refractivity contribution in [3.8, 4) is 0 Å². The fraction of sp³-hybridized carbons (Fsp3) is 0.250. The molecule has 28 heavy (non-hydrogen) atoms.